The summed E-state index contributed by atoms with van der Waals surface area (Å²) in [4.78, 5) is 3.91. The summed E-state index contributed by atoms with van der Waals surface area (Å²) < 4.78 is 0. The Labute approximate surface area is 70.3 Å². The second-order valence-electron chi connectivity index (χ2n) is 1.33. The van der Waals surface area contributed by atoms with E-state index in [4.69, 9.17) is 5.73 Å². The number of nitrogen functional groups attached to an aromatic ring is 1. The predicted molar refractivity (Wildman–Crippen MR) is 45.8 cm³/mol. The van der Waals surface area contributed by atoms with Gasteiger partial charge in [-0.1, -0.05) is 0 Å². The minimum absolute atomic E-state index is 0. The zero-order valence-electron chi connectivity index (χ0n) is 4.83. The van der Waals surface area contributed by atoms with E-state index in [2.05, 4.69) is 4.98 Å². The van der Waals surface area contributed by atoms with E-state index < -0.39 is 0 Å². The summed E-state index contributed by atoms with van der Waals surface area (Å²) in [5, 5.41) is 2.58. The number of rotatable bonds is 0. The molecule has 0 fully saturated rings. The number of aromatic nitrogens is 1. The van der Waals surface area contributed by atoms with Crippen molar-refractivity contribution in [1.29, 1.82) is 0 Å². The van der Waals surface area contributed by atoms with Gasteiger partial charge < -0.3 is 5.73 Å². The molecule has 0 aliphatic heterocycles. The van der Waals surface area contributed by atoms with Crippen LogP contribution in [0.2, 0.25) is 0 Å². The Balaban J connectivity index is 0. The van der Waals surface area contributed by atoms with Gasteiger partial charge in [0.2, 0.25) is 0 Å². The van der Waals surface area contributed by atoms with Gasteiger partial charge in [-0.3, -0.25) is 0 Å². The van der Waals surface area contributed by atoms with E-state index >= 15 is 0 Å². The van der Waals surface area contributed by atoms with Crippen LogP contribution in [0, 0.1) is 6.92 Å². The molecule has 9 heavy (non-hydrogen) atoms. The molecule has 0 saturated carbocycles. The molecule has 1 rings (SSSR count). The summed E-state index contributed by atoms with van der Waals surface area (Å²) in [6.45, 7) is 1.92. The lowest BCUT2D eigenvalue weighted by molar-refractivity contribution is 1.27. The highest BCUT2D eigenvalue weighted by atomic mass is 35.5. The smallest absolute Gasteiger partial charge is 0.180 e. The Hall–Kier alpha value is 0.01000. The number of halogens is 2. The Morgan fingerprint density at radius 1 is 1.56 bits per heavy atom. The average Bonchev–Trinajstić information content (AvgIpc) is 1.87. The van der Waals surface area contributed by atoms with Crippen LogP contribution >= 0.6 is 36.2 Å². The van der Waals surface area contributed by atoms with Crippen molar-refractivity contribution in [2.24, 2.45) is 0 Å². The maximum absolute atomic E-state index is 5.29. The summed E-state index contributed by atoms with van der Waals surface area (Å²) in [6, 6.07) is 0. The summed E-state index contributed by atoms with van der Waals surface area (Å²) in [5.41, 5.74) is 6.29. The molecule has 0 aliphatic rings. The second-order valence-corrected chi connectivity index (χ2v) is 2.22. The van der Waals surface area contributed by atoms with Crippen molar-refractivity contribution in [2.75, 3.05) is 5.73 Å². The van der Waals surface area contributed by atoms with E-state index in [9.17, 15) is 0 Å². The Morgan fingerprint density at radius 3 is 2.22 bits per heavy atom. The zero-order chi connectivity index (χ0) is 5.28. The first kappa shape index (κ1) is 11.8. The molecular weight excluding hydrogens is 179 g/mol. The van der Waals surface area contributed by atoms with Gasteiger partial charge in [0, 0.05) is 5.38 Å². The van der Waals surface area contributed by atoms with Crippen LogP contribution in [0.3, 0.4) is 0 Å². The van der Waals surface area contributed by atoms with Gasteiger partial charge in [0.05, 0.1) is 5.69 Å². The third kappa shape index (κ3) is 3.56. The Bertz CT molecular complexity index is 149. The number of hydrogen-bond donors (Lipinski definition) is 1. The quantitative estimate of drug-likeness (QED) is 0.673. The van der Waals surface area contributed by atoms with Gasteiger partial charge in [-0.2, -0.15) is 0 Å². The molecule has 2 nitrogen and oxygen atoms in total. The lowest BCUT2D eigenvalue weighted by Crippen LogP contribution is -1.80. The second kappa shape index (κ2) is 4.85. The topological polar surface area (TPSA) is 38.9 Å². The van der Waals surface area contributed by atoms with Crippen LogP contribution in [0.5, 0.6) is 0 Å². The molecule has 54 valence electrons. The van der Waals surface area contributed by atoms with Gasteiger partial charge in [-0.15, -0.1) is 36.2 Å². The summed E-state index contributed by atoms with van der Waals surface area (Å²) >= 11 is 1.47. The normalized spacial score (nSPS) is 7.22. The van der Waals surface area contributed by atoms with E-state index in [0.29, 0.717) is 5.13 Å². The van der Waals surface area contributed by atoms with Gasteiger partial charge in [0.1, 0.15) is 0 Å². The Morgan fingerprint density at radius 2 is 2.11 bits per heavy atom. The summed E-state index contributed by atoms with van der Waals surface area (Å²) in [7, 11) is 0. The van der Waals surface area contributed by atoms with Crippen molar-refractivity contribution in [3.8, 4) is 0 Å². The fourth-order valence-electron chi connectivity index (χ4n) is 0.372. The first-order chi connectivity index (χ1) is 3.29. The maximum atomic E-state index is 5.29. The number of aryl methyl sites for hydroxylation is 1. The molecule has 0 aliphatic carbocycles. The molecular formula is C4H8Cl2N2S. The number of nitrogens with two attached hydrogens (primary N) is 1. The van der Waals surface area contributed by atoms with Crippen LogP contribution in [0.4, 0.5) is 5.13 Å². The van der Waals surface area contributed by atoms with Crippen LogP contribution in [0.15, 0.2) is 5.38 Å². The minimum atomic E-state index is 0. The van der Waals surface area contributed by atoms with Crippen LogP contribution < -0.4 is 5.73 Å². The Kier molecular flexibility index (Phi) is 6.34. The zero-order valence-corrected chi connectivity index (χ0v) is 7.28. The first-order valence-electron chi connectivity index (χ1n) is 1.96. The lowest BCUT2D eigenvalue weighted by Gasteiger charge is -1.72. The van der Waals surface area contributed by atoms with E-state index in [0.717, 1.165) is 5.69 Å². The van der Waals surface area contributed by atoms with E-state index in [1.54, 1.807) is 0 Å². The number of anilines is 1. The average molecular weight is 187 g/mol. The molecule has 0 bridgehead atoms. The van der Waals surface area contributed by atoms with Crippen molar-refractivity contribution in [1.82, 2.24) is 4.98 Å². The van der Waals surface area contributed by atoms with Crippen LogP contribution in [0.1, 0.15) is 5.69 Å². The van der Waals surface area contributed by atoms with Crippen molar-refractivity contribution >= 4 is 41.3 Å². The monoisotopic (exact) mass is 186 g/mol. The van der Waals surface area contributed by atoms with Gasteiger partial charge >= 0.3 is 0 Å². The fraction of sp³-hybridized carbons (Fsp3) is 0.250. The molecule has 0 amide bonds. The largest absolute Gasteiger partial charge is 0.375 e. The summed E-state index contributed by atoms with van der Waals surface area (Å²) in [6.07, 6.45) is 0. The highest BCUT2D eigenvalue weighted by Gasteiger charge is 1.86. The molecule has 0 unspecified atom stereocenters. The van der Waals surface area contributed by atoms with E-state index in [-0.39, 0.29) is 24.8 Å². The third-order valence-corrected chi connectivity index (χ3v) is 1.43. The van der Waals surface area contributed by atoms with Crippen LogP contribution in [0.25, 0.3) is 0 Å². The predicted octanol–water partition coefficient (Wildman–Crippen LogP) is 1.88. The molecule has 0 aromatic carbocycles. The highest BCUT2D eigenvalue weighted by Crippen LogP contribution is 2.08. The van der Waals surface area contributed by atoms with Gasteiger partial charge in [0.25, 0.3) is 0 Å². The van der Waals surface area contributed by atoms with Crippen molar-refractivity contribution in [2.45, 2.75) is 6.92 Å². The third-order valence-electron chi connectivity index (χ3n) is 0.637. The van der Waals surface area contributed by atoms with Gasteiger partial charge in [-0.25, -0.2) is 4.98 Å². The fourth-order valence-corrected chi connectivity index (χ4v) is 0.913. The number of thiazole rings is 1. The van der Waals surface area contributed by atoms with Crippen molar-refractivity contribution in [3.05, 3.63) is 11.1 Å². The molecule has 0 atom stereocenters. The van der Waals surface area contributed by atoms with Gasteiger partial charge in [-0.05, 0) is 6.92 Å². The molecule has 0 saturated heterocycles. The van der Waals surface area contributed by atoms with E-state index in [1.807, 2.05) is 12.3 Å². The van der Waals surface area contributed by atoms with Crippen LogP contribution in [-0.4, -0.2) is 4.98 Å². The lowest BCUT2D eigenvalue weighted by atomic mass is 10.6. The molecule has 5 heteroatoms. The summed E-state index contributed by atoms with van der Waals surface area (Å²) in [5.74, 6) is 0. The molecule has 2 N–H and O–H groups in total. The maximum Gasteiger partial charge on any atom is 0.180 e. The SMILES string of the molecule is Cc1csc(N)n1.Cl.Cl. The van der Waals surface area contributed by atoms with Crippen molar-refractivity contribution in [3.63, 3.8) is 0 Å². The highest BCUT2D eigenvalue weighted by molar-refractivity contribution is 7.13. The van der Waals surface area contributed by atoms with E-state index in [1.165, 1.54) is 11.3 Å². The number of hydrogen-bond acceptors (Lipinski definition) is 3. The van der Waals surface area contributed by atoms with Crippen LogP contribution in [-0.2, 0) is 0 Å². The molecule has 1 aromatic heterocycles. The molecule has 0 spiro atoms. The van der Waals surface area contributed by atoms with Crippen molar-refractivity contribution < 1.29 is 0 Å². The first-order valence-corrected chi connectivity index (χ1v) is 2.84. The molecule has 1 heterocycles. The minimum Gasteiger partial charge on any atom is -0.375 e. The number of nitrogens with zero attached hydrogens (tertiary/aromatic N) is 1. The molecule has 1 aromatic rings. The standard InChI is InChI=1S/C4H6N2S.2ClH/c1-3-2-7-4(5)6-3;;/h2H,1H3,(H2,5,6);2*1H. The molecule has 0 radical (unpaired) electrons. The van der Waals surface area contributed by atoms with Gasteiger partial charge in [0.15, 0.2) is 5.13 Å².